The third kappa shape index (κ3) is 5.47. The van der Waals surface area contributed by atoms with Crippen LogP contribution in [0.15, 0.2) is 52.1 Å². The van der Waals surface area contributed by atoms with Crippen molar-refractivity contribution in [2.24, 2.45) is 31.8 Å². The van der Waals surface area contributed by atoms with E-state index >= 15 is 0 Å². The Bertz CT molecular complexity index is 2390. The van der Waals surface area contributed by atoms with E-state index in [1.54, 1.807) is 31.4 Å². The number of ether oxygens (including phenoxy) is 1. The Morgan fingerprint density at radius 3 is 2.29 bits per heavy atom. The number of methoxy groups -OCH3 is 1. The first-order valence-corrected chi connectivity index (χ1v) is 17.4. The Morgan fingerprint density at radius 1 is 0.942 bits per heavy atom. The average Bonchev–Trinajstić information content (AvgIpc) is 3.40. The Hall–Kier alpha value is -4.47. The van der Waals surface area contributed by atoms with Crippen molar-refractivity contribution in [3.63, 3.8) is 0 Å². The molecule has 0 bridgehead atoms. The van der Waals surface area contributed by atoms with Crippen molar-refractivity contribution in [1.29, 1.82) is 0 Å². The number of likely N-dealkylation sites (tertiary alicyclic amines) is 1. The molecule has 0 amide bonds. The Kier molecular flexibility index (Phi) is 8.57. The van der Waals surface area contributed by atoms with Gasteiger partial charge in [0, 0.05) is 61.4 Å². The number of piperidine rings is 1. The highest BCUT2D eigenvalue weighted by Gasteiger charge is 2.59. The monoisotopic (exact) mass is 751 g/mol. The van der Waals surface area contributed by atoms with Gasteiger partial charge >= 0.3 is 5.69 Å². The van der Waals surface area contributed by atoms with Gasteiger partial charge in [0.05, 0.1) is 28.5 Å². The van der Waals surface area contributed by atoms with Gasteiger partial charge in [-0.05, 0) is 42.4 Å². The molecule has 52 heavy (non-hydrogen) atoms. The van der Waals surface area contributed by atoms with Crippen molar-refractivity contribution in [3.8, 4) is 28.3 Å². The number of pyridine rings is 1. The van der Waals surface area contributed by atoms with Gasteiger partial charge in [-0.2, -0.15) is 0 Å². The average molecular weight is 753 g/mol. The quantitative estimate of drug-likeness (QED) is 0.180. The minimum atomic E-state index is -3.08. The maximum absolute atomic E-state index is 13.9. The second-order valence-corrected chi connectivity index (χ2v) is 14.3. The van der Waals surface area contributed by atoms with Crippen LogP contribution >= 0.6 is 23.2 Å². The first-order valence-electron chi connectivity index (χ1n) is 16.7. The van der Waals surface area contributed by atoms with E-state index in [1.807, 2.05) is 18.2 Å². The highest BCUT2D eigenvalue weighted by molar-refractivity contribution is 6.39. The molecule has 16 heteroatoms. The van der Waals surface area contributed by atoms with Crippen LogP contribution in [0.25, 0.3) is 33.4 Å². The number of aliphatic hydroxyl groups is 2. The fourth-order valence-corrected chi connectivity index (χ4v) is 8.71. The van der Waals surface area contributed by atoms with Crippen LogP contribution in [-0.4, -0.2) is 65.7 Å². The molecule has 3 atom stereocenters. The lowest BCUT2D eigenvalue weighted by atomic mass is 9.99. The fraction of sp³-hybridized carbons (Fsp3) is 0.361. The van der Waals surface area contributed by atoms with Gasteiger partial charge in [-0.1, -0.05) is 53.5 Å². The SMILES string of the molecule is COc1nc(-c2cccc(-c3cccc(Nc4nc(C(F)F)nc5c4c(=O)n(C)c(=O)n5C)c3Cl)c2Cl)cc2c1C(N1CC3C(C1)C3C(O)O)CC2. The molecule has 12 nitrogen and oxygen atoms in total. The van der Waals surface area contributed by atoms with E-state index in [2.05, 4.69) is 20.2 Å². The zero-order valence-electron chi connectivity index (χ0n) is 28.1. The lowest BCUT2D eigenvalue weighted by Gasteiger charge is -2.28. The standard InChI is InChI=1S/C36H33Cl2F2N7O5/c1-45-32-26(34(48)46(2)36(45)51)30(43-31(44-32)29(39)40)41-21-9-5-7-17(28(21)38)16-6-4-8-18(27(16)37)22-12-15-10-11-23(24(15)33(42-22)52-3)47-13-19-20(14-47)25(19)35(49)50/h4-9,12,19-20,23,25,29,35,49-50H,10-11,13-14H2,1-3H3,(H,41,43,44). The molecule has 0 spiro atoms. The number of aryl methyl sites for hydroxylation is 2. The zero-order chi connectivity index (χ0) is 36.7. The molecular weight excluding hydrogens is 719 g/mol. The maximum atomic E-state index is 13.9. The summed E-state index contributed by atoms with van der Waals surface area (Å²) in [6, 6.07) is 12.7. The van der Waals surface area contributed by atoms with Gasteiger partial charge in [-0.25, -0.2) is 28.5 Å². The lowest BCUT2D eigenvalue weighted by molar-refractivity contribution is -0.0683. The van der Waals surface area contributed by atoms with E-state index in [0.29, 0.717) is 45.1 Å². The summed E-state index contributed by atoms with van der Waals surface area (Å²) >= 11 is 14.1. The third-order valence-corrected chi connectivity index (χ3v) is 11.5. The van der Waals surface area contributed by atoms with Gasteiger partial charge in [-0.3, -0.25) is 18.8 Å². The molecule has 2 fully saturated rings. The largest absolute Gasteiger partial charge is 0.481 e. The number of nitrogens with one attached hydrogen (secondary N) is 1. The van der Waals surface area contributed by atoms with Gasteiger partial charge in [0.25, 0.3) is 12.0 Å². The van der Waals surface area contributed by atoms with Crippen LogP contribution in [0.1, 0.15) is 35.8 Å². The Balaban J connectivity index is 1.14. The highest BCUT2D eigenvalue weighted by Crippen LogP contribution is 2.56. The van der Waals surface area contributed by atoms with Crippen molar-refractivity contribution in [1.82, 2.24) is 29.0 Å². The fourth-order valence-electron chi connectivity index (χ4n) is 8.11. The van der Waals surface area contributed by atoms with Gasteiger partial charge in [-0.15, -0.1) is 0 Å². The van der Waals surface area contributed by atoms with Crippen LogP contribution < -0.4 is 21.3 Å². The summed E-state index contributed by atoms with van der Waals surface area (Å²) in [5, 5.41) is 22.6. The number of halogens is 4. The second-order valence-electron chi connectivity index (χ2n) is 13.5. The van der Waals surface area contributed by atoms with Crippen LogP contribution in [0.3, 0.4) is 0 Å². The van der Waals surface area contributed by atoms with Crippen LogP contribution in [0, 0.1) is 17.8 Å². The lowest BCUT2D eigenvalue weighted by Crippen LogP contribution is -2.38. The number of fused-ring (bicyclic) bond motifs is 3. The Morgan fingerprint density at radius 2 is 1.62 bits per heavy atom. The normalized spacial score (nSPS) is 20.9. The van der Waals surface area contributed by atoms with E-state index in [4.69, 9.17) is 32.9 Å². The smallest absolute Gasteiger partial charge is 0.332 e. The van der Waals surface area contributed by atoms with E-state index in [9.17, 15) is 28.6 Å². The predicted octanol–water partition coefficient (Wildman–Crippen LogP) is 5.23. The number of anilines is 2. The van der Waals surface area contributed by atoms with E-state index in [1.165, 1.54) is 14.1 Å². The molecule has 3 N–H and O–H groups in total. The van der Waals surface area contributed by atoms with E-state index in [-0.39, 0.29) is 39.5 Å². The topological polar surface area (TPSA) is 148 Å². The van der Waals surface area contributed by atoms with Crippen LogP contribution in [0.2, 0.25) is 10.0 Å². The highest BCUT2D eigenvalue weighted by atomic mass is 35.5. The molecular formula is C36H33Cl2F2N7O5. The van der Waals surface area contributed by atoms with Gasteiger partial charge in [0.1, 0.15) is 11.2 Å². The summed E-state index contributed by atoms with van der Waals surface area (Å²) in [6.45, 7) is 1.61. The molecule has 2 aliphatic carbocycles. The molecule has 0 radical (unpaired) electrons. The number of alkyl halides is 2. The summed E-state index contributed by atoms with van der Waals surface area (Å²) in [4.78, 5) is 40.8. The van der Waals surface area contributed by atoms with Crippen molar-refractivity contribution in [2.45, 2.75) is 31.6 Å². The van der Waals surface area contributed by atoms with E-state index < -0.39 is 29.8 Å². The molecule has 270 valence electrons. The second kappa shape index (κ2) is 12.9. The maximum Gasteiger partial charge on any atom is 0.332 e. The summed E-state index contributed by atoms with van der Waals surface area (Å²) in [7, 11) is 4.20. The number of hydrogen-bond acceptors (Lipinski definition) is 10. The molecule has 1 saturated heterocycles. The molecule has 4 heterocycles. The molecule has 8 rings (SSSR count). The summed E-state index contributed by atoms with van der Waals surface area (Å²) in [5.74, 6) is -0.0411. The molecule has 2 aromatic carbocycles. The molecule has 5 aromatic rings. The Labute approximate surface area is 305 Å². The first-order chi connectivity index (χ1) is 24.9. The van der Waals surface area contributed by atoms with Gasteiger partial charge < -0.3 is 20.3 Å². The number of rotatable bonds is 8. The minimum Gasteiger partial charge on any atom is -0.481 e. The first kappa shape index (κ1) is 34.6. The summed E-state index contributed by atoms with van der Waals surface area (Å²) in [6.07, 6.45) is -2.63. The van der Waals surface area contributed by atoms with Crippen molar-refractivity contribution < 1.29 is 23.7 Å². The van der Waals surface area contributed by atoms with Crippen LogP contribution in [-0.2, 0) is 20.5 Å². The molecule has 3 aliphatic rings. The van der Waals surface area contributed by atoms with Gasteiger partial charge in [0.2, 0.25) is 5.88 Å². The third-order valence-electron chi connectivity index (χ3n) is 10.7. The number of aromatic nitrogens is 5. The van der Waals surface area contributed by atoms with Crippen molar-refractivity contribution in [2.75, 3.05) is 25.5 Å². The van der Waals surface area contributed by atoms with Gasteiger partial charge in [0.15, 0.2) is 17.8 Å². The van der Waals surface area contributed by atoms with Crippen LogP contribution in [0.5, 0.6) is 5.88 Å². The number of nitrogens with zero attached hydrogens (tertiary/aromatic N) is 6. The van der Waals surface area contributed by atoms with Crippen molar-refractivity contribution >= 4 is 45.7 Å². The predicted molar refractivity (Wildman–Crippen MR) is 191 cm³/mol. The molecule has 3 unspecified atom stereocenters. The number of aliphatic hydroxyl groups excluding tert-OH is 1. The molecule has 1 saturated carbocycles. The zero-order valence-corrected chi connectivity index (χ0v) is 29.7. The molecule has 1 aliphatic heterocycles. The van der Waals surface area contributed by atoms with Crippen molar-refractivity contribution in [3.05, 3.63) is 90.3 Å². The number of benzene rings is 2. The van der Waals surface area contributed by atoms with Crippen LogP contribution in [0.4, 0.5) is 20.3 Å². The molecule has 3 aromatic heterocycles. The summed E-state index contributed by atoms with van der Waals surface area (Å²) < 4.78 is 35.5. The number of hydrogen-bond donors (Lipinski definition) is 3. The minimum absolute atomic E-state index is 0.0462. The summed E-state index contributed by atoms with van der Waals surface area (Å²) in [5.41, 5.74) is 3.02. The van der Waals surface area contributed by atoms with E-state index in [0.717, 1.165) is 46.2 Å².